The van der Waals surface area contributed by atoms with E-state index >= 15 is 0 Å². The number of halogens is 1. The molecule has 2 rings (SSSR count). The molecule has 0 heterocycles. The highest BCUT2D eigenvalue weighted by Gasteiger charge is 2.16. The number of rotatable bonds is 6. The lowest BCUT2D eigenvalue weighted by Gasteiger charge is -2.12. The summed E-state index contributed by atoms with van der Waals surface area (Å²) in [5, 5.41) is 11.8. The van der Waals surface area contributed by atoms with E-state index in [0.29, 0.717) is 4.47 Å². The van der Waals surface area contributed by atoms with Crippen LogP contribution in [0.1, 0.15) is 34.1 Å². The molecular weight excluding hydrogens is 406 g/mol. The summed E-state index contributed by atoms with van der Waals surface area (Å²) in [6, 6.07) is 8.81. The van der Waals surface area contributed by atoms with Gasteiger partial charge in [-0.3, -0.25) is 9.59 Å². The monoisotopic (exact) mass is 421 g/mol. The lowest BCUT2D eigenvalue weighted by molar-refractivity contribution is -0.134. The van der Waals surface area contributed by atoms with Gasteiger partial charge in [0.25, 0.3) is 5.91 Å². The first-order valence-corrected chi connectivity index (χ1v) is 8.38. The normalized spacial score (nSPS) is 10.1. The number of aromatic carboxylic acids is 1. The second-order valence-electron chi connectivity index (χ2n) is 5.14. The molecule has 7 nitrogen and oxygen atoms in total. The third-order valence-electron chi connectivity index (χ3n) is 3.40. The molecule has 0 aliphatic heterocycles. The molecule has 26 heavy (non-hydrogen) atoms. The zero-order chi connectivity index (χ0) is 19.3. The van der Waals surface area contributed by atoms with E-state index in [9.17, 15) is 19.5 Å². The van der Waals surface area contributed by atoms with Gasteiger partial charge in [0.1, 0.15) is 0 Å². The molecule has 0 unspecified atom stereocenters. The summed E-state index contributed by atoms with van der Waals surface area (Å²) in [4.78, 5) is 35.2. The molecule has 2 N–H and O–H groups in total. The van der Waals surface area contributed by atoms with E-state index in [1.54, 1.807) is 13.0 Å². The van der Waals surface area contributed by atoms with Crippen LogP contribution in [0.3, 0.4) is 0 Å². The van der Waals surface area contributed by atoms with Gasteiger partial charge in [0.2, 0.25) is 0 Å². The van der Waals surface area contributed by atoms with Gasteiger partial charge >= 0.3 is 11.9 Å². The van der Waals surface area contributed by atoms with Crippen LogP contribution in [0, 0.1) is 0 Å². The van der Waals surface area contributed by atoms with Crippen LogP contribution in [-0.2, 0) is 4.79 Å². The standard InChI is InChI=1S/C18H16BrNO6/c1-3-16(21)26-14-7-4-10(8-15(14)25-2)17(22)20-13-6-5-11(19)9-12(13)18(23)24/h4-9H,3H2,1-2H3,(H,20,22)(H,23,24). The quantitative estimate of drug-likeness (QED) is 0.544. The van der Waals surface area contributed by atoms with Crippen molar-refractivity contribution in [3.05, 3.63) is 52.0 Å². The molecular formula is C18H16BrNO6. The first-order valence-electron chi connectivity index (χ1n) is 7.58. The summed E-state index contributed by atoms with van der Waals surface area (Å²) in [7, 11) is 1.39. The van der Waals surface area contributed by atoms with Gasteiger partial charge < -0.3 is 19.9 Å². The second kappa shape index (κ2) is 8.48. The van der Waals surface area contributed by atoms with E-state index in [1.807, 2.05) is 0 Å². The van der Waals surface area contributed by atoms with Crippen molar-refractivity contribution in [1.29, 1.82) is 0 Å². The number of ether oxygens (including phenoxy) is 2. The lowest BCUT2D eigenvalue weighted by atomic mass is 10.1. The molecule has 0 bridgehead atoms. The Morgan fingerprint density at radius 2 is 1.85 bits per heavy atom. The Kier molecular flexibility index (Phi) is 6.35. The van der Waals surface area contributed by atoms with Crippen LogP contribution < -0.4 is 14.8 Å². The van der Waals surface area contributed by atoms with E-state index in [2.05, 4.69) is 21.2 Å². The topological polar surface area (TPSA) is 102 Å². The second-order valence-corrected chi connectivity index (χ2v) is 6.06. The Morgan fingerprint density at radius 1 is 1.12 bits per heavy atom. The average Bonchev–Trinajstić information content (AvgIpc) is 2.62. The molecule has 0 saturated carbocycles. The summed E-state index contributed by atoms with van der Waals surface area (Å²) in [5.74, 6) is -1.71. The molecule has 0 atom stereocenters. The number of benzene rings is 2. The summed E-state index contributed by atoms with van der Waals surface area (Å²) < 4.78 is 10.9. The lowest BCUT2D eigenvalue weighted by Crippen LogP contribution is -2.15. The number of carbonyl (C=O) groups is 3. The Hall–Kier alpha value is -2.87. The fraction of sp³-hybridized carbons (Fsp3) is 0.167. The zero-order valence-electron chi connectivity index (χ0n) is 14.0. The van der Waals surface area contributed by atoms with E-state index in [-0.39, 0.29) is 34.7 Å². The van der Waals surface area contributed by atoms with Crippen molar-refractivity contribution >= 4 is 39.5 Å². The predicted molar refractivity (Wildman–Crippen MR) is 98.0 cm³/mol. The molecule has 0 aliphatic carbocycles. The molecule has 8 heteroatoms. The number of nitrogens with one attached hydrogen (secondary N) is 1. The fourth-order valence-corrected chi connectivity index (χ4v) is 2.45. The number of amides is 1. The largest absolute Gasteiger partial charge is 0.493 e. The van der Waals surface area contributed by atoms with Gasteiger partial charge in [0, 0.05) is 16.5 Å². The van der Waals surface area contributed by atoms with Crippen LogP contribution in [0.4, 0.5) is 5.69 Å². The van der Waals surface area contributed by atoms with E-state index in [1.165, 1.54) is 37.4 Å². The maximum Gasteiger partial charge on any atom is 0.337 e. The first-order chi connectivity index (χ1) is 12.3. The Labute approximate surface area is 158 Å². The van der Waals surface area contributed by atoms with Crippen LogP contribution in [-0.4, -0.2) is 30.1 Å². The summed E-state index contributed by atoms with van der Waals surface area (Å²) in [6.07, 6.45) is 0.201. The maximum atomic E-state index is 12.5. The Morgan fingerprint density at radius 3 is 2.46 bits per heavy atom. The Balaban J connectivity index is 2.28. The molecule has 0 saturated heterocycles. The average molecular weight is 422 g/mol. The number of esters is 1. The van der Waals surface area contributed by atoms with Crippen molar-refractivity contribution in [1.82, 2.24) is 0 Å². The molecule has 0 aliphatic rings. The molecule has 0 radical (unpaired) electrons. The molecule has 1 amide bonds. The van der Waals surface area contributed by atoms with Crippen LogP contribution >= 0.6 is 15.9 Å². The number of hydrogen-bond donors (Lipinski definition) is 2. The fourth-order valence-electron chi connectivity index (χ4n) is 2.08. The van der Waals surface area contributed by atoms with Crippen molar-refractivity contribution in [2.75, 3.05) is 12.4 Å². The number of carbonyl (C=O) groups excluding carboxylic acids is 2. The summed E-state index contributed by atoms with van der Waals surface area (Å²) in [6.45, 7) is 1.66. The number of anilines is 1. The smallest absolute Gasteiger partial charge is 0.337 e. The Bertz CT molecular complexity index is 865. The van der Waals surface area contributed by atoms with Crippen molar-refractivity contribution in [3.63, 3.8) is 0 Å². The highest BCUT2D eigenvalue weighted by atomic mass is 79.9. The van der Waals surface area contributed by atoms with Crippen LogP contribution in [0.2, 0.25) is 0 Å². The molecule has 2 aromatic rings. The van der Waals surface area contributed by atoms with E-state index in [0.717, 1.165) is 0 Å². The summed E-state index contributed by atoms with van der Waals surface area (Å²) >= 11 is 3.19. The number of hydrogen-bond acceptors (Lipinski definition) is 5. The van der Waals surface area contributed by atoms with Gasteiger partial charge in [-0.25, -0.2) is 4.79 Å². The van der Waals surface area contributed by atoms with Gasteiger partial charge in [0.15, 0.2) is 11.5 Å². The predicted octanol–water partition coefficient (Wildman–Crippen LogP) is 3.72. The van der Waals surface area contributed by atoms with Crippen LogP contribution in [0.5, 0.6) is 11.5 Å². The molecule has 136 valence electrons. The van der Waals surface area contributed by atoms with Crippen molar-refractivity contribution < 1.29 is 29.0 Å². The SMILES string of the molecule is CCC(=O)Oc1ccc(C(=O)Nc2ccc(Br)cc2C(=O)O)cc1OC. The number of carboxylic acids is 1. The molecule has 0 spiro atoms. The van der Waals surface area contributed by atoms with Crippen molar-refractivity contribution in [2.45, 2.75) is 13.3 Å². The molecule has 0 fully saturated rings. The number of methoxy groups -OCH3 is 1. The number of carboxylic acid groups (broad SMARTS) is 1. The van der Waals surface area contributed by atoms with E-state index in [4.69, 9.17) is 9.47 Å². The third kappa shape index (κ3) is 4.60. The maximum absolute atomic E-state index is 12.5. The van der Waals surface area contributed by atoms with Gasteiger partial charge in [-0.2, -0.15) is 0 Å². The molecule has 0 aromatic heterocycles. The molecule has 2 aromatic carbocycles. The van der Waals surface area contributed by atoms with Gasteiger partial charge in [0.05, 0.1) is 18.4 Å². The first kappa shape index (κ1) is 19.5. The highest BCUT2D eigenvalue weighted by Crippen LogP contribution is 2.29. The van der Waals surface area contributed by atoms with E-state index < -0.39 is 17.8 Å². The van der Waals surface area contributed by atoms with Crippen molar-refractivity contribution in [3.8, 4) is 11.5 Å². The van der Waals surface area contributed by atoms with Crippen LogP contribution in [0.25, 0.3) is 0 Å². The summed E-state index contributed by atoms with van der Waals surface area (Å²) in [5.41, 5.74) is 0.330. The van der Waals surface area contributed by atoms with Crippen molar-refractivity contribution in [2.24, 2.45) is 0 Å². The minimum absolute atomic E-state index is 0.0480. The minimum Gasteiger partial charge on any atom is -0.493 e. The van der Waals surface area contributed by atoms with Crippen LogP contribution in [0.15, 0.2) is 40.9 Å². The highest BCUT2D eigenvalue weighted by molar-refractivity contribution is 9.10. The third-order valence-corrected chi connectivity index (χ3v) is 3.89. The van der Waals surface area contributed by atoms with Gasteiger partial charge in [-0.05, 0) is 36.4 Å². The zero-order valence-corrected chi connectivity index (χ0v) is 15.6. The van der Waals surface area contributed by atoms with Gasteiger partial charge in [-0.1, -0.05) is 22.9 Å². The minimum atomic E-state index is -1.17. The van der Waals surface area contributed by atoms with Gasteiger partial charge in [-0.15, -0.1) is 0 Å².